The van der Waals surface area contributed by atoms with Crippen LogP contribution in [0.25, 0.3) is 0 Å². The average molecular weight is 228 g/mol. The molecule has 1 aliphatic heterocycles. The highest BCUT2D eigenvalue weighted by atomic mass is 16.7. The maximum atomic E-state index is 10.7. The fourth-order valence-corrected chi connectivity index (χ4v) is 1.93. The lowest BCUT2D eigenvalue weighted by atomic mass is 10.0. The molecule has 0 radical (unpaired) electrons. The topological polar surface area (TPSA) is 55.8 Å². The predicted octanol–water partition coefficient (Wildman–Crippen LogP) is 2.19. The molecule has 1 saturated heterocycles. The number of hydrogen-bond acceptors (Lipinski definition) is 3. The second kappa shape index (κ2) is 4.97. The van der Waals surface area contributed by atoms with Gasteiger partial charge in [0, 0.05) is 12.0 Å². The molecular weight excluding hydrogens is 208 g/mol. The molecular formula is C12H20O4. The van der Waals surface area contributed by atoms with Crippen molar-refractivity contribution in [3.8, 4) is 0 Å². The highest BCUT2D eigenvalue weighted by molar-refractivity contribution is 5.85. The normalized spacial score (nSPS) is 31.1. The second-order valence-electron chi connectivity index (χ2n) is 4.85. The van der Waals surface area contributed by atoms with Crippen molar-refractivity contribution in [3.63, 3.8) is 0 Å². The Labute approximate surface area is 96.2 Å². The first-order chi connectivity index (χ1) is 7.32. The van der Waals surface area contributed by atoms with E-state index in [0.717, 1.165) is 6.42 Å². The molecule has 0 aliphatic carbocycles. The van der Waals surface area contributed by atoms with Crippen LogP contribution >= 0.6 is 0 Å². The molecule has 0 saturated carbocycles. The summed E-state index contributed by atoms with van der Waals surface area (Å²) in [6.07, 6.45) is 2.16. The van der Waals surface area contributed by atoms with Gasteiger partial charge in [-0.1, -0.05) is 13.8 Å². The van der Waals surface area contributed by atoms with Gasteiger partial charge >= 0.3 is 5.97 Å². The van der Waals surface area contributed by atoms with Crippen molar-refractivity contribution in [1.82, 2.24) is 0 Å². The zero-order chi connectivity index (χ0) is 12.3. The molecule has 1 heterocycles. The average Bonchev–Trinajstić information content (AvgIpc) is 2.45. The minimum absolute atomic E-state index is 0.250. The fourth-order valence-electron chi connectivity index (χ4n) is 1.93. The van der Waals surface area contributed by atoms with Gasteiger partial charge in [0.15, 0.2) is 5.79 Å². The molecule has 0 aromatic carbocycles. The highest BCUT2D eigenvalue weighted by Gasteiger charge is 2.36. The molecule has 1 fully saturated rings. The number of rotatable bonds is 4. The van der Waals surface area contributed by atoms with Crippen molar-refractivity contribution in [1.29, 1.82) is 0 Å². The van der Waals surface area contributed by atoms with Crippen molar-refractivity contribution in [2.24, 2.45) is 5.92 Å². The number of carbonyl (C=O) groups is 1. The van der Waals surface area contributed by atoms with Gasteiger partial charge in [-0.2, -0.15) is 0 Å². The van der Waals surface area contributed by atoms with E-state index in [9.17, 15) is 4.79 Å². The summed E-state index contributed by atoms with van der Waals surface area (Å²) < 4.78 is 11.3. The molecule has 1 aliphatic rings. The van der Waals surface area contributed by atoms with Gasteiger partial charge in [0.05, 0.1) is 6.61 Å². The Balaban J connectivity index is 2.58. The largest absolute Gasteiger partial charge is 0.478 e. The van der Waals surface area contributed by atoms with E-state index in [2.05, 4.69) is 13.8 Å². The summed E-state index contributed by atoms with van der Waals surface area (Å²) in [6.45, 7) is 8.09. The van der Waals surface area contributed by atoms with Crippen molar-refractivity contribution >= 4 is 5.97 Å². The van der Waals surface area contributed by atoms with Crippen molar-refractivity contribution < 1.29 is 19.4 Å². The second-order valence-corrected chi connectivity index (χ2v) is 4.85. The lowest BCUT2D eigenvalue weighted by molar-refractivity contribution is -0.160. The van der Waals surface area contributed by atoms with E-state index in [-0.39, 0.29) is 6.10 Å². The van der Waals surface area contributed by atoms with Gasteiger partial charge in [0.25, 0.3) is 0 Å². The monoisotopic (exact) mass is 228 g/mol. The first kappa shape index (κ1) is 13.2. The van der Waals surface area contributed by atoms with Gasteiger partial charge in [-0.05, 0) is 25.8 Å². The Hall–Kier alpha value is -0.870. The SMILES string of the molecule is C/C(=C\C1COC(C)(CC(C)C)O1)C(=O)O. The molecule has 0 aromatic rings. The van der Waals surface area contributed by atoms with Crippen LogP contribution in [-0.4, -0.2) is 29.6 Å². The standard InChI is InChI=1S/C12H20O4/c1-8(2)6-12(4)15-7-10(16-12)5-9(3)11(13)14/h5,8,10H,6-7H2,1-4H3,(H,13,14)/b9-5+. The van der Waals surface area contributed by atoms with E-state index in [1.165, 1.54) is 0 Å². The van der Waals surface area contributed by atoms with E-state index >= 15 is 0 Å². The maximum Gasteiger partial charge on any atom is 0.331 e. The van der Waals surface area contributed by atoms with Crippen LogP contribution in [0.1, 0.15) is 34.1 Å². The lowest BCUT2D eigenvalue weighted by Gasteiger charge is -2.24. The van der Waals surface area contributed by atoms with E-state index in [0.29, 0.717) is 18.1 Å². The molecule has 1 N–H and O–H groups in total. The molecule has 0 amide bonds. The van der Waals surface area contributed by atoms with Crippen LogP contribution < -0.4 is 0 Å². The summed E-state index contributed by atoms with van der Waals surface area (Å²) in [7, 11) is 0. The van der Waals surface area contributed by atoms with Crippen molar-refractivity contribution in [3.05, 3.63) is 11.6 Å². The summed E-state index contributed by atoms with van der Waals surface area (Å²) in [5.41, 5.74) is 0.294. The summed E-state index contributed by atoms with van der Waals surface area (Å²) >= 11 is 0. The summed E-state index contributed by atoms with van der Waals surface area (Å²) in [5, 5.41) is 8.75. The fraction of sp³-hybridized carbons (Fsp3) is 0.750. The molecule has 4 nitrogen and oxygen atoms in total. The van der Waals surface area contributed by atoms with E-state index < -0.39 is 11.8 Å². The van der Waals surface area contributed by atoms with E-state index in [4.69, 9.17) is 14.6 Å². The van der Waals surface area contributed by atoms with E-state index in [1.54, 1.807) is 13.0 Å². The van der Waals surface area contributed by atoms with Crippen LogP contribution in [-0.2, 0) is 14.3 Å². The third kappa shape index (κ3) is 3.61. The van der Waals surface area contributed by atoms with E-state index in [1.807, 2.05) is 6.92 Å². The van der Waals surface area contributed by atoms with Gasteiger partial charge in [-0.15, -0.1) is 0 Å². The highest BCUT2D eigenvalue weighted by Crippen LogP contribution is 2.30. The van der Waals surface area contributed by atoms with Gasteiger partial charge in [-0.3, -0.25) is 0 Å². The van der Waals surface area contributed by atoms with Gasteiger partial charge in [0.1, 0.15) is 6.10 Å². The first-order valence-corrected chi connectivity index (χ1v) is 5.56. The molecule has 4 heteroatoms. The van der Waals surface area contributed by atoms with Crippen LogP contribution in [0.3, 0.4) is 0 Å². The molecule has 2 atom stereocenters. The maximum absolute atomic E-state index is 10.7. The van der Waals surface area contributed by atoms with Gasteiger partial charge in [-0.25, -0.2) is 4.79 Å². The molecule has 0 bridgehead atoms. The Kier molecular flexibility index (Phi) is 4.10. The summed E-state index contributed by atoms with van der Waals surface area (Å²) in [4.78, 5) is 10.7. The zero-order valence-electron chi connectivity index (χ0n) is 10.3. The lowest BCUT2D eigenvalue weighted by Crippen LogP contribution is -2.28. The van der Waals surface area contributed by atoms with Crippen LogP contribution in [0.2, 0.25) is 0 Å². The molecule has 1 rings (SSSR count). The Morgan fingerprint density at radius 1 is 1.62 bits per heavy atom. The summed E-state index contributed by atoms with van der Waals surface area (Å²) in [6, 6.07) is 0. The van der Waals surface area contributed by atoms with Crippen molar-refractivity contribution in [2.75, 3.05) is 6.61 Å². The summed E-state index contributed by atoms with van der Waals surface area (Å²) in [5.74, 6) is -1.01. The minimum Gasteiger partial charge on any atom is -0.478 e. The smallest absolute Gasteiger partial charge is 0.331 e. The quantitative estimate of drug-likeness (QED) is 0.749. The molecule has 2 unspecified atom stereocenters. The number of carboxylic acid groups (broad SMARTS) is 1. The molecule has 16 heavy (non-hydrogen) atoms. The molecule has 0 spiro atoms. The molecule has 92 valence electrons. The third-order valence-electron chi connectivity index (χ3n) is 2.51. The number of hydrogen-bond donors (Lipinski definition) is 1. The number of carboxylic acids is 1. The number of ether oxygens (including phenoxy) is 2. The predicted molar refractivity (Wildman–Crippen MR) is 60.1 cm³/mol. The van der Waals surface area contributed by atoms with Crippen LogP contribution in [0.5, 0.6) is 0 Å². The zero-order valence-corrected chi connectivity index (χ0v) is 10.3. The van der Waals surface area contributed by atoms with Crippen LogP contribution in [0, 0.1) is 5.92 Å². The van der Waals surface area contributed by atoms with Gasteiger partial charge < -0.3 is 14.6 Å². The third-order valence-corrected chi connectivity index (χ3v) is 2.51. The Morgan fingerprint density at radius 3 is 2.75 bits per heavy atom. The van der Waals surface area contributed by atoms with Crippen molar-refractivity contribution in [2.45, 2.75) is 46.0 Å². The minimum atomic E-state index is -0.916. The van der Waals surface area contributed by atoms with Crippen LogP contribution in [0.4, 0.5) is 0 Å². The molecule has 0 aromatic heterocycles. The Bertz CT molecular complexity index is 295. The van der Waals surface area contributed by atoms with Crippen LogP contribution in [0.15, 0.2) is 11.6 Å². The van der Waals surface area contributed by atoms with Gasteiger partial charge in [0.2, 0.25) is 0 Å². The Morgan fingerprint density at radius 2 is 2.25 bits per heavy atom. The number of aliphatic carboxylic acids is 1. The first-order valence-electron chi connectivity index (χ1n) is 5.56.